The molecule has 0 unspecified atom stereocenters. The van der Waals surface area contributed by atoms with Gasteiger partial charge in [-0.3, -0.25) is 0 Å². The maximum absolute atomic E-state index is 4.05. The molecule has 0 atom stereocenters. The first-order chi connectivity index (χ1) is 8.43. The van der Waals surface area contributed by atoms with Crippen LogP contribution in [-0.4, -0.2) is 24.5 Å². The second-order valence-corrected chi connectivity index (χ2v) is 5.91. The van der Waals surface area contributed by atoms with Crippen LogP contribution in [-0.2, 0) is 0 Å². The van der Waals surface area contributed by atoms with Crippen molar-refractivity contribution in [2.24, 2.45) is 0 Å². The molecule has 0 aliphatic heterocycles. The summed E-state index contributed by atoms with van der Waals surface area (Å²) in [4.78, 5) is 8.10. The molecule has 3 aromatic heterocycles. The summed E-state index contributed by atoms with van der Waals surface area (Å²) < 4.78 is 2.82. The van der Waals surface area contributed by atoms with Crippen LogP contribution < -0.4 is 0 Å². The molecule has 17 heavy (non-hydrogen) atoms. The van der Waals surface area contributed by atoms with Gasteiger partial charge in [-0.15, -0.1) is 0 Å². The van der Waals surface area contributed by atoms with Gasteiger partial charge in [-0.25, -0.2) is 0 Å². The summed E-state index contributed by atoms with van der Waals surface area (Å²) in [6.07, 6.45) is 7.38. The van der Waals surface area contributed by atoms with Crippen molar-refractivity contribution in [3.8, 4) is 20.0 Å². The monoisotopic (exact) mass is 286 g/mol. The van der Waals surface area contributed by atoms with Crippen LogP contribution >= 0.6 is 0 Å². The number of rotatable bonds is 2. The summed E-state index contributed by atoms with van der Waals surface area (Å²) in [6, 6.07) is 12.7. The van der Waals surface area contributed by atoms with Crippen LogP contribution in [0.2, 0.25) is 0 Å². The number of nitrogens with zero attached hydrogens (tertiary/aromatic N) is 2. The molecule has 3 heterocycles. The van der Waals surface area contributed by atoms with Crippen LogP contribution in [0.3, 0.4) is 0 Å². The van der Waals surface area contributed by atoms with E-state index in [1.807, 2.05) is 24.8 Å². The van der Waals surface area contributed by atoms with E-state index in [-0.39, 0.29) is 0 Å². The van der Waals surface area contributed by atoms with Crippen molar-refractivity contribution in [3.05, 3.63) is 61.2 Å². The zero-order valence-electron chi connectivity index (χ0n) is 9.08. The van der Waals surface area contributed by atoms with Gasteiger partial charge in [0.2, 0.25) is 0 Å². The van der Waals surface area contributed by atoms with Crippen LogP contribution in [0.1, 0.15) is 0 Å². The SMILES string of the molecule is c1cc(-c2ccc(-c3ccncc3)[se]2)ccn1. The Kier molecular flexibility index (Phi) is 2.86. The molecule has 0 saturated heterocycles. The predicted molar refractivity (Wildman–Crippen MR) is 69.8 cm³/mol. The van der Waals surface area contributed by atoms with Gasteiger partial charge in [0.05, 0.1) is 0 Å². The Balaban J connectivity index is 1.99. The molecule has 2 nitrogen and oxygen atoms in total. The van der Waals surface area contributed by atoms with Gasteiger partial charge in [0, 0.05) is 0 Å². The van der Waals surface area contributed by atoms with Gasteiger partial charge in [-0.1, -0.05) is 0 Å². The van der Waals surface area contributed by atoms with Gasteiger partial charge in [0.1, 0.15) is 0 Å². The molecule has 0 N–H and O–H groups in total. The molecule has 0 aliphatic carbocycles. The van der Waals surface area contributed by atoms with E-state index in [1.54, 1.807) is 0 Å². The summed E-state index contributed by atoms with van der Waals surface area (Å²) in [7, 11) is 0. The summed E-state index contributed by atoms with van der Waals surface area (Å²) in [5.41, 5.74) is 2.56. The second kappa shape index (κ2) is 4.66. The molecule has 3 rings (SSSR count). The number of hydrogen-bond acceptors (Lipinski definition) is 2. The van der Waals surface area contributed by atoms with Crippen LogP contribution in [0.4, 0.5) is 0 Å². The Labute approximate surface area is 106 Å². The van der Waals surface area contributed by atoms with E-state index < -0.39 is 0 Å². The van der Waals surface area contributed by atoms with E-state index in [9.17, 15) is 0 Å². The molecule has 0 fully saturated rings. The van der Waals surface area contributed by atoms with Crippen LogP contribution in [0.15, 0.2) is 61.2 Å². The summed E-state index contributed by atoms with van der Waals surface area (Å²) in [6.45, 7) is 0. The maximum atomic E-state index is 4.05. The molecular formula is C14H10N2Se. The molecule has 3 aromatic rings. The Morgan fingerprint density at radius 1 is 0.588 bits per heavy atom. The fourth-order valence-electron chi connectivity index (χ4n) is 1.68. The van der Waals surface area contributed by atoms with Crippen molar-refractivity contribution < 1.29 is 0 Å². The predicted octanol–water partition coefficient (Wildman–Crippen LogP) is 2.87. The topological polar surface area (TPSA) is 25.8 Å². The first-order valence-corrected chi connectivity index (χ1v) is 7.05. The van der Waals surface area contributed by atoms with Crippen LogP contribution in [0.5, 0.6) is 0 Å². The Morgan fingerprint density at radius 2 is 1.00 bits per heavy atom. The average molecular weight is 285 g/mol. The molecule has 0 spiro atoms. The summed E-state index contributed by atoms with van der Waals surface area (Å²) in [5, 5.41) is 0. The normalized spacial score (nSPS) is 10.4. The molecule has 0 aliphatic rings. The van der Waals surface area contributed by atoms with E-state index in [4.69, 9.17) is 0 Å². The van der Waals surface area contributed by atoms with E-state index in [1.165, 1.54) is 20.0 Å². The van der Waals surface area contributed by atoms with Crippen molar-refractivity contribution in [1.29, 1.82) is 0 Å². The van der Waals surface area contributed by atoms with E-state index in [2.05, 4.69) is 46.4 Å². The first kappa shape index (κ1) is 10.5. The third kappa shape index (κ3) is 2.21. The zero-order chi connectivity index (χ0) is 11.5. The van der Waals surface area contributed by atoms with E-state index in [0.717, 1.165) is 0 Å². The van der Waals surface area contributed by atoms with Crippen molar-refractivity contribution >= 4 is 14.5 Å². The third-order valence-corrected chi connectivity index (χ3v) is 5.02. The molecule has 0 aromatic carbocycles. The second-order valence-electron chi connectivity index (χ2n) is 3.64. The van der Waals surface area contributed by atoms with Gasteiger partial charge in [0.25, 0.3) is 0 Å². The molecule has 82 valence electrons. The summed E-state index contributed by atoms with van der Waals surface area (Å²) >= 11 is 0.378. The van der Waals surface area contributed by atoms with Crippen molar-refractivity contribution in [2.45, 2.75) is 0 Å². The van der Waals surface area contributed by atoms with Gasteiger partial charge in [-0.05, 0) is 0 Å². The van der Waals surface area contributed by atoms with Crippen molar-refractivity contribution in [2.75, 3.05) is 0 Å². The standard InChI is InChI=1S/C14H10N2Se/c1-2-14(12-5-9-16-10-6-12)17-13(1)11-3-7-15-8-4-11/h1-10H. The van der Waals surface area contributed by atoms with Gasteiger partial charge in [-0.2, -0.15) is 0 Å². The molecule has 0 radical (unpaired) electrons. The van der Waals surface area contributed by atoms with E-state index in [0.29, 0.717) is 14.5 Å². The van der Waals surface area contributed by atoms with Crippen LogP contribution in [0, 0.1) is 0 Å². The third-order valence-electron chi connectivity index (χ3n) is 2.54. The van der Waals surface area contributed by atoms with Crippen molar-refractivity contribution in [1.82, 2.24) is 9.97 Å². The van der Waals surface area contributed by atoms with Crippen LogP contribution in [0.25, 0.3) is 20.0 Å². The zero-order valence-corrected chi connectivity index (χ0v) is 10.8. The number of hydrogen-bond donors (Lipinski definition) is 0. The Morgan fingerprint density at radius 3 is 1.41 bits per heavy atom. The number of pyridine rings is 2. The molecular weight excluding hydrogens is 275 g/mol. The Hall–Kier alpha value is -1.70. The average Bonchev–Trinajstić information content (AvgIpc) is 2.90. The first-order valence-electron chi connectivity index (χ1n) is 5.34. The molecule has 0 bridgehead atoms. The fourth-order valence-corrected chi connectivity index (χ4v) is 3.81. The fraction of sp³-hybridized carbons (Fsp3) is 0. The Bertz CT molecular complexity index is 548. The van der Waals surface area contributed by atoms with Gasteiger partial charge >= 0.3 is 106 Å². The molecule has 0 amide bonds. The van der Waals surface area contributed by atoms with Gasteiger partial charge < -0.3 is 0 Å². The van der Waals surface area contributed by atoms with Crippen molar-refractivity contribution in [3.63, 3.8) is 0 Å². The van der Waals surface area contributed by atoms with E-state index >= 15 is 0 Å². The minimum atomic E-state index is 0.378. The molecule has 0 saturated carbocycles. The molecule has 3 heteroatoms. The quantitative estimate of drug-likeness (QED) is 0.677. The number of aromatic nitrogens is 2. The van der Waals surface area contributed by atoms with Gasteiger partial charge in [0.15, 0.2) is 0 Å². The summed E-state index contributed by atoms with van der Waals surface area (Å²) in [5.74, 6) is 0. The minimum absolute atomic E-state index is 0.378.